The van der Waals surface area contributed by atoms with Gasteiger partial charge < -0.3 is 20.2 Å². The van der Waals surface area contributed by atoms with Crippen LogP contribution in [0.5, 0.6) is 0 Å². The Morgan fingerprint density at radius 1 is 1.24 bits per heavy atom. The number of pyridine rings is 1. The SMILES string of the molecule is O=C(O)N1CC[C@@H](N(Cc2ccc(F)cc2)C(=O)NCc2cccnc2)[C@@H](F)C1. The number of aromatic nitrogens is 1. The molecule has 9 heteroatoms. The van der Waals surface area contributed by atoms with Crippen molar-refractivity contribution in [3.63, 3.8) is 0 Å². The van der Waals surface area contributed by atoms with Gasteiger partial charge >= 0.3 is 12.1 Å². The van der Waals surface area contributed by atoms with E-state index in [1.807, 2.05) is 0 Å². The largest absolute Gasteiger partial charge is 0.465 e. The fraction of sp³-hybridized carbons (Fsp3) is 0.350. The number of halogens is 2. The number of benzene rings is 1. The van der Waals surface area contributed by atoms with Crippen LogP contribution in [-0.4, -0.2) is 57.3 Å². The molecule has 3 amide bonds. The van der Waals surface area contributed by atoms with Crippen molar-refractivity contribution in [2.45, 2.75) is 31.7 Å². The summed E-state index contributed by atoms with van der Waals surface area (Å²) in [6, 6.07) is 7.92. The molecule has 1 aromatic carbocycles. The summed E-state index contributed by atoms with van der Waals surface area (Å²) in [4.78, 5) is 30.3. The minimum absolute atomic E-state index is 0.0807. The first kappa shape index (κ1) is 20.5. The van der Waals surface area contributed by atoms with Gasteiger partial charge in [-0.2, -0.15) is 0 Å². The maximum atomic E-state index is 14.8. The van der Waals surface area contributed by atoms with Crippen molar-refractivity contribution in [2.75, 3.05) is 13.1 Å². The molecule has 7 nitrogen and oxygen atoms in total. The molecule has 1 fully saturated rings. The van der Waals surface area contributed by atoms with Crippen LogP contribution in [0.25, 0.3) is 0 Å². The Morgan fingerprint density at radius 3 is 2.62 bits per heavy atom. The molecule has 2 heterocycles. The normalized spacial score (nSPS) is 18.9. The summed E-state index contributed by atoms with van der Waals surface area (Å²) >= 11 is 0. The Bertz CT molecular complexity index is 835. The molecule has 0 spiro atoms. The lowest BCUT2D eigenvalue weighted by molar-refractivity contribution is 0.0471. The van der Waals surface area contributed by atoms with E-state index >= 15 is 0 Å². The maximum Gasteiger partial charge on any atom is 0.407 e. The molecule has 0 bridgehead atoms. The lowest BCUT2D eigenvalue weighted by Crippen LogP contribution is -2.56. The number of rotatable bonds is 5. The lowest BCUT2D eigenvalue weighted by atomic mass is 10.0. The predicted molar refractivity (Wildman–Crippen MR) is 101 cm³/mol. The summed E-state index contributed by atoms with van der Waals surface area (Å²) in [5.41, 5.74) is 1.44. The fourth-order valence-electron chi connectivity index (χ4n) is 3.33. The quantitative estimate of drug-likeness (QED) is 0.802. The van der Waals surface area contributed by atoms with Crippen molar-refractivity contribution < 1.29 is 23.5 Å². The molecule has 1 aliphatic heterocycles. The first-order valence-corrected chi connectivity index (χ1v) is 9.24. The predicted octanol–water partition coefficient (Wildman–Crippen LogP) is 3.02. The molecule has 2 aromatic rings. The molecule has 0 saturated carbocycles. The summed E-state index contributed by atoms with van der Waals surface area (Å²) in [7, 11) is 0. The topological polar surface area (TPSA) is 85.8 Å². The zero-order chi connectivity index (χ0) is 20.8. The minimum Gasteiger partial charge on any atom is -0.465 e. The maximum absolute atomic E-state index is 14.8. The van der Waals surface area contributed by atoms with Crippen molar-refractivity contribution in [1.29, 1.82) is 0 Å². The summed E-state index contributed by atoms with van der Waals surface area (Å²) < 4.78 is 28.0. The molecule has 154 valence electrons. The van der Waals surface area contributed by atoms with Gasteiger partial charge in [-0.25, -0.2) is 18.4 Å². The molecule has 3 rings (SSSR count). The van der Waals surface area contributed by atoms with Crippen LogP contribution in [0.4, 0.5) is 18.4 Å². The number of carboxylic acid groups (broad SMARTS) is 1. The van der Waals surface area contributed by atoms with Crippen LogP contribution in [0, 0.1) is 5.82 Å². The molecule has 2 N–H and O–H groups in total. The van der Waals surface area contributed by atoms with Crippen LogP contribution in [0.2, 0.25) is 0 Å². The summed E-state index contributed by atoms with van der Waals surface area (Å²) in [6.45, 7) is 0.140. The molecule has 2 atom stereocenters. The van der Waals surface area contributed by atoms with E-state index in [2.05, 4.69) is 10.3 Å². The second kappa shape index (κ2) is 9.31. The monoisotopic (exact) mass is 404 g/mol. The van der Waals surface area contributed by atoms with Gasteiger partial charge in [-0.15, -0.1) is 0 Å². The summed E-state index contributed by atoms with van der Waals surface area (Å²) in [5.74, 6) is -0.403. The van der Waals surface area contributed by atoms with Crippen LogP contribution in [0.1, 0.15) is 17.5 Å². The van der Waals surface area contributed by atoms with E-state index in [1.54, 1.807) is 24.5 Å². The van der Waals surface area contributed by atoms with Crippen molar-refractivity contribution >= 4 is 12.1 Å². The lowest BCUT2D eigenvalue weighted by Gasteiger charge is -2.39. The van der Waals surface area contributed by atoms with Crippen LogP contribution in [0.15, 0.2) is 48.8 Å². The first-order valence-electron chi connectivity index (χ1n) is 9.24. The Labute approximate surface area is 167 Å². The molecule has 1 saturated heterocycles. The number of nitrogens with zero attached hydrogens (tertiary/aromatic N) is 3. The number of carbonyl (C=O) groups is 2. The van der Waals surface area contributed by atoms with Gasteiger partial charge in [-0.05, 0) is 35.7 Å². The van der Waals surface area contributed by atoms with E-state index < -0.39 is 30.2 Å². The van der Waals surface area contributed by atoms with Crippen molar-refractivity contribution in [3.8, 4) is 0 Å². The zero-order valence-electron chi connectivity index (χ0n) is 15.7. The van der Waals surface area contributed by atoms with Gasteiger partial charge in [-0.3, -0.25) is 4.98 Å². The van der Waals surface area contributed by atoms with Crippen molar-refractivity contribution in [1.82, 2.24) is 20.1 Å². The molecule has 1 aliphatic rings. The van der Waals surface area contributed by atoms with E-state index in [-0.39, 0.29) is 32.6 Å². The fourth-order valence-corrected chi connectivity index (χ4v) is 3.33. The molecular weight excluding hydrogens is 382 g/mol. The number of alkyl halides is 1. The number of urea groups is 1. The number of piperidine rings is 1. The highest BCUT2D eigenvalue weighted by atomic mass is 19.1. The van der Waals surface area contributed by atoms with Gasteiger partial charge in [0.25, 0.3) is 0 Å². The van der Waals surface area contributed by atoms with Crippen LogP contribution in [-0.2, 0) is 13.1 Å². The Kier molecular flexibility index (Phi) is 6.58. The van der Waals surface area contributed by atoms with Gasteiger partial charge in [0.15, 0.2) is 0 Å². The average Bonchev–Trinajstić information content (AvgIpc) is 2.72. The van der Waals surface area contributed by atoms with Crippen LogP contribution in [0.3, 0.4) is 0 Å². The number of nitrogens with one attached hydrogen (secondary N) is 1. The third-order valence-electron chi connectivity index (χ3n) is 4.87. The Hall–Kier alpha value is -3.23. The molecule has 1 aromatic heterocycles. The highest BCUT2D eigenvalue weighted by molar-refractivity contribution is 5.75. The second-order valence-electron chi connectivity index (χ2n) is 6.87. The number of amides is 3. The van der Waals surface area contributed by atoms with E-state index in [0.717, 1.165) is 10.5 Å². The molecular formula is C20H22F2N4O3. The number of hydrogen-bond donors (Lipinski definition) is 2. The third-order valence-corrected chi connectivity index (χ3v) is 4.87. The molecule has 0 unspecified atom stereocenters. The highest BCUT2D eigenvalue weighted by Crippen LogP contribution is 2.22. The Balaban J connectivity index is 1.74. The summed E-state index contributed by atoms with van der Waals surface area (Å²) in [5, 5.41) is 11.8. The van der Waals surface area contributed by atoms with E-state index in [0.29, 0.717) is 5.56 Å². The molecule has 0 radical (unpaired) electrons. The van der Waals surface area contributed by atoms with Crippen molar-refractivity contribution in [3.05, 3.63) is 65.7 Å². The number of hydrogen-bond acceptors (Lipinski definition) is 3. The van der Waals surface area contributed by atoms with Crippen LogP contribution < -0.4 is 5.32 Å². The number of likely N-dealkylation sites (tertiary alicyclic amines) is 1. The van der Waals surface area contributed by atoms with Gasteiger partial charge in [0, 0.05) is 32.0 Å². The smallest absolute Gasteiger partial charge is 0.407 e. The number of carbonyl (C=O) groups excluding carboxylic acids is 1. The average molecular weight is 404 g/mol. The van der Waals surface area contributed by atoms with Gasteiger partial charge in [0.05, 0.1) is 12.6 Å². The highest BCUT2D eigenvalue weighted by Gasteiger charge is 2.37. The van der Waals surface area contributed by atoms with Gasteiger partial charge in [0.1, 0.15) is 12.0 Å². The van der Waals surface area contributed by atoms with E-state index in [4.69, 9.17) is 5.11 Å². The molecule has 0 aliphatic carbocycles. The first-order chi connectivity index (χ1) is 13.9. The van der Waals surface area contributed by atoms with Gasteiger partial charge in [-0.1, -0.05) is 18.2 Å². The second-order valence-corrected chi connectivity index (χ2v) is 6.87. The van der Waals surface area contributed by atoms with Crippen LogP contribution >= 0.6 is 0 Å². The van der Waals surface area contributed by atoms with E-state index in [1.165, 1.54) is 29.2 Å². The standard InChI is InChI=1S/C20H22F2N4O3/c21-16-5-3-14(4-6-16)12-26(18-7-9-25(20(28)29)13-17(18)22)19(27)24-11-15-2-1-8-23-10-15/h1-6,8,10,17-18H,7,9,11-13H2,(H,24,27)(H,28,29)/t17-,18+/m0/s1. The van der Waals surface area contributed by atoms with Crippen molar-refractivity contribution in [2.24, 2.45) is 0 Å². The minimum atomic E-state index is -1.52. The third kappa shape index (κ3) is 5.40. The Morgan fingerprint density at radius 2 is 2.00 bits per heavy atom. The van der Waals surface area contributed by atoms with E-state index in [9.17, 15) is 18.4 Å². The summed E-state index contributed by atoms with van der Waals surface area (Å²) in [6.07, 6.45) is 0.709. The molecule has 29 heavy (non-hydrogen) atoms. The van der Waals surface area contributed by atoms with Gasteiger partial charge in [0.2, 0.25) is 0 Å². The zero-order valence-corrected chi connectivity index (χ0v) is 15.7.